The van der Waals surface area contributed by atoms with Gasteiger partial charge >= 0.3 is 0 Å². The lowest BCUT2D eigenvalue weighted by Gasteiger charge is -2.14. The van der Waals surface area contributed by atoms with Crippen LogP contribution in [0.25, 0.3) is 11.1 Å². The van der Waals surface area contributed by atoms with Crippen LogP contribution in [0.4, 0.5) is 0 Å². The van der Waals surface area contributed by atoms with E-state index in [1.54, 1.807) is 0 Å². The SMILES string of the molecule is CCCOc1ccccc1-c1ccc(Cl)cc1CNC. The molecule has 0 spiro atoms. The lowest BCUT2D eigenvalue weighted by Crippen LogP contribution is -2.07. The zero-order chi connectivity index (χ0) is 14.4. The lowest BCUT2D eigenvalue weighted by atomic mass is 9.99. The van der Waals surface area contributed by atoms with Crippen LogP contribution in [0.3, 0.4) is 0 Å². The molecule has 2 aromatic carbocycles. The molecule has 1 N–H and O–H groups in total. The Morgan fingerprint density at radius 1 is 1.10 bits per heavy atom. The molecule has 0 saturated heterocycles. The maximum atomic E-state index is 6.10. The van der Waals surface area contributed by atoms with E-state index in [-0.39, 0.29) is 0 Å². The summed E-state index contributed by atoms with van der Waals surface area (Å²) in [4.78, 5) is 0. The number of para-hydroxylation sites is 1. The van der Waals surface area contributed by atoms with Crippen LogP contribution in [0, 0.1) is 0 Å². The third-order valence-corrected chi connectivity index (χ3v) is 3.31. The van der Waals surface area contributed by atoms with Gasteiger partial charge in [0.25, 0.3) is 0 Å². The van der Waals surface area contributed by atoms with Crippen molar-refractivity contribution in [1.29, 1.82) is 0 Å². The summed E-state index contributed by atoms with van der Waals surface area (Å²) >= 11 is 6.10. The molecule has 2 rings (SSSR count). The third-order valence-electron chi connectivity index (χ3n) is 3.07. The van der Waals surface area contributed by atoms with Crippen molar-refractivity contribution in [2.24, 2.45) is 0 Å². The molecule has 0 atom stereocenters. The molecular formula is C17H20ClNO. The van der Waals surface area contributed by atoms with E-state index in [9.17, 15) is 0 Å². The monoisotopic (exact) mass is 289 g/mol. The van der Waals surface area contributed by atoms with E-state index in [1.807, 2.05) is 37.4 Å². The number of nitrogens with one attached hydrogen (secondary N) is 1. The van der Waals surface area contributed by atoms with Crippen molar-refractivity contribution in [3.8, 4) is 16.9 Å². The van der Waals surface area contributed by atoms with E-state index in [0.29, 0.717) is 0 Å². The van der Waals surface area contributed by atoms with E-state index in [1.165, 1.54) is 5.56 Å². The molecule has 3 heteroatoms. The zero-order valence-electron chi connectivity index (χ0n) is 11.9. The molecule has 0 aliphatic rings. The van der Waals surface area contributed by atoms with Gasteiger partial charge in [-0.3, -0.25) is 0 Å². The Labute approximate surface area is 125 Å². The van der Waals surface area contributed by atoms with Gasteiger partial charge in [-0.2, -0.15) is 0 Å². The quantitative estimate of drug-likeness (QED) is 0.844. The van der Waals surface area contributed by atoms with Crippen molar-refractivity contribution in [3.05, 3.63) is 53.1 Å². The van der Waals surface area contributed by atoms with Crippen LogP contribution in [0.5, 0.6) is 5.75 Å². The molecule has 20 heavy (non-hydrogen) atoms. The molecule has 0 aliphatic heterocycles. The van der Waals surface area contributed by atoms with Crippen LogP contribution < -0.4 is 10.1 Å². The standard InChI is InChI=1S/C17H20ClNO/c1-3-10-20-17-7-5-4-6-16(17)15-9-8-14(18)11-13(15)12-19-2/h4-9,11,19H,3,10,12H2,1-2H3. The van der Waals surface area contributed by atoms with Gasteiger partial charge in [-0.05, 0) is 42.8 Å². The van der Waals surface area contributed by atoms with Gasteiger partial charge < -0.3 is 10.1 Å². The number of ether oxygens (including phenoxy) is 1. The van der Waals surface area contributed by atoms with Crippen molar-refractivity contribution >= 4 is 11.6 Å². The number of halogens is 1. The molecule has 0 heterocycles. The van der Waals surface area contributed by atoms with Gasteiger partial charge in [0.05, 0.1) is 6.61 Å². The van der Waals surface area contributed by atoms with Gasteiger partial charge in [0.2, 0.25) is 0 Å². The van der Waals surface area contributed by atoms with Crippen molar-refractivity contribution in [2.75, 3.05) is 13.7 Å². The zero-order valence-corrected chi connectivity index (χ0v) is 12.7. The number of rotatable bonds is 6. The first-order chi connectivity index (χ1) is 9.76. The van der Waals surface area contributed by atoms with Crippen LogP contribution in [0.2, 0.25) is 5.02 Å². The van der Waals surface area contributed by atoms with Gasteiger partial charge in [0.1, 0.15) is 5.75 Å². The molecule has 0 aliphatic carbocycles. The van der Waals surface area contributed by atoms with Gasteiger partial charge in [-0.15, -0.1) is 0 Å². The average Bonchev–Trinajstić information content (AvgIpc) is 2.46. The second-order valence-electron chi connectivity index (χ2n) is 4.68. The van der Waals surface area contributed by atoms with Crippen molar-refractivity contribution < 1.29 is 4.74 Å². The first kappa shape index (κ1) is 14.9. The van der Waals surface area contributed by atoms with Crippen molar-refractivity contribution in [3.63, 3.8) is 0 Å². The van der Waals surface area contributed by atoms with Gasteiger partial charge in [-0.25, -0.2) is 0 Å². The molecule has 0 unspecified atom stereocenters. The van der Waals surface area contributed by atoms with Gasteiger partial charge in [0, 0.05) is 17.1 Å². The van der Waals surface area contributed by atoms with E-state index in [4.69, 9.17) is 16.3 Å². The maximum absolute atomic E-state index is 6.10. The van der Waals surface area contributed by atoms with E-state index < -0.39 is 0 Å². The van der Waals surface area contributed by atoms with Crippen LogP contribution in [0.1, 0.15) is 18.9 Å². The normalized spacial score (nSPS) is 10.6. The summed E-state index contributed by atoms with van der Waals surface area (Å²) in [7, 11) is 1.93. The third kappa shape index (κ3) is 3.53. The highest BCUT2D eigenvalue weighted by Gasteiger charge is 2.10. The highest BCUT2D eigenvalue weighted by Crippen LogP contribution is 2.33. The first-order valence-corrected chi connectivity index (χ1v) is 7.29. The Balaban J connectivity index is 2.45. The largest absolute Gasteiger partial charge is 0.493 e. The molecule has 0 radical (unpaired) electrons. The molecule has 106 valence electrons. The van der Waals surface area contributed by atoms with Crippen LogP contribution in [0.15, 0.2) is 42.5 Å². The number of hydrogen-bond donors (Lipinski definition) is 1. The summed E-state index contributed by atoms with van der Waals surface area (Å²) < 4.78 is 5.85. The molecule has 0 aromatic heterocycles. The molecule has 0 saturated carbocycles. The van der Waals surface area contributed by atoms with Crippen LogP contribution >= 0.6 is 11.6 Å². The maximum Gasteiger partial charge on any atom is 0.127 e. The predicted octanol–water partition coefficient (Wildman–Crippen LogP) is 4.52. The summed E-state index contributed by atoms with van der Waals surface area (Å²) in [5, 5.41) is 3.94. The first-order valence-electron chi connectivity index (χ1n) is 6.91. The summed E-state index contributed by atoms with van der Waals surface area (Å²) in [6.45, 7) is 3.61. The van der Waals surface area contributed by atoms with Gasteiger partial charge in [0.15, 0.2) is 0 Å². The second-order valence-corrected chi connectivity index (χ2v) is 5.11. The highest BCUT2D eigenvalue weighted by atomic mass is 35.5. The Morgan fingerprint density at radius 3 is 2.65 bits per heavy atom. The summed E-state index contributed by atoms with van der Waals surface area (Å²) in [5.41, 5.74) is 3.45. The Bertz CT molecular complexity index is 569. The van der Waals surface area contributed by atoms with E-state index >= 15 is 0 Å². The van der Waals surface area contributed by atoms with Crippen molar-refractivity contribution in [2.45, 2.75) is 19.9 Å². The summed E-state index contributed by atoms with van der Waals surface area (Å²) in [5.74, 6) is 0.925. The Morgan fingerprint density at radius 2 is 1.90 bits per heavy atom. The number of benzene rings is 2. The van der Waals surface area contributed by atoms with E-state index in [2.05, 4.69) is 24.4 Å². The highest BCUT2D eigenvalue weighted by molar-refractivity contribution is 6.30. The van der Waals surface area contributed by atoms with Crippen LogP contribution in [-0.2, 0) is 6.54 Å². The summed E-state index contributed by atoms with van der Waals surface area (Å²) in [6, 6.07) is 14.1. The Kier molecular flexibility index (Phi) is 5.45. The Hall–Kier alpha value is -1.51. The smallest absolute Gasteiger partial charge is 0.127 e. The second kappa shape index (κ2) is 7.32. The average molecular weight is 290 g/mol. The summed E-state index contributed by atoms with van der Waals surface area (Å²) in [6.07, 6.45) is 0.998. The molecule has 2 nitrogen and oxygen atoms in total. The minimum absolute atomic E-state index is 0.728. The molecule has 0 bridgehead atoms. The fraction of sp³-hybridized carbons (Fsp3) is 0.294. The topological polar surface area (TPSA) is 21.3 Å². The van der Waals surface area contributed by atoms with Crippen LogP contribution in [-0.4, -0.2) is 13.7 Å². The minimum atomic E-state index is 0.728. The lowest BCUT2D eigenvalue weighted by molar-refractivity contribution is 0.318. The fourth-order valence-corrected chi connectivity index (χ4v) is 2.38. The molecular weight excluding hydrogens is 270 g/mol. The molecule has 0 amide bonds. The fourth-order valence-electron chi connectivity index (χ4n) is 2.19. The van der Waals surface area contributed by atoms with Gasteiger partial charge in [-0.1, -0.05) is 42.8 Å². The minimum Gasteiger partial charge on any atom is -0.493 e. The number of hydrogen-bond acceptors (Lipinski definition) is 2. The van der Waals surface area contributed by atoms with Crippen molar-refractivity contribution in [1.82, 2.24) is 5.32 Å². The van der Waals surface area contributed by atoms with E-state index in [0.717, 1.165) is 41.5 Å². The predicted molar refractivity (Wildman–Crippen MR) is 85.4 cm³/mol. The molecule has 0 fully saturated rings. The molecule has 2 aromatic rings.